The number of hydrogen-bond donors (Lipinski definition) is 1. The number of anilines is 1. The minimum absolute atomic E-state index is 0.136. The van der Waals surface area contributed by atoms with E-state index in [0.717, 1.165) is 16.7 Å². The van der Waals surface area contributed by atoms with Crippen molar-refractivity contribution in [3.63, 3.8) is 0 Å². The van der Waals surface area contributed by atoms with Gasteiger partial charge in [-0.2, -0.15) is 0 Å². The molecule has 2 amide bonds. The topological polar surface area (TPSA) is 86.8 Å². The van der Waals surface area contributed by atoms with Crippen LogP contribution >= 0.6 is 0 Å². The van der Waals surface area contributed by atoms with Crippen molar-refractivity contribution < 1.29 is 18.0 Å². The third-order valence-corrected chi connectivity index (χ3v) is 6.78. The average molecular weight is 474 g/mol. The van der Waals surface area contributed by atoms with Crippen LogP contribution < -0.4 is 9.62 Å². The molecule has 0 fully saturated rings. The van der Waals surface area contributed by atoms with Crippen LogP contribution in [-0.2, 0) is 26.2 Å². The summed E-state index contributed by atoms with van der Waals surface area (Å²) in [5.74, 6) is -0.388. The fourth-order valence-corrected chi connectivity index (χ4v) is 4.94. The van der Waals surface area contributed by atoms with Crippen molar-refractivity contribution in [3.05, 3.63) is 65.2 Å². The van der Waals surface area contributed by atoms with Gasteiger partial charge in [0.2, 0.25) is 21.8 Å². The fourth-order valence-electron chi connectivity index (χ4n) is 3.92. The lowest BCUT2D eigenvalue weighted by Gasteiger charge is -2.31. The van der Waals surface area contributed by atoms with Crippen LogP contribution in [0, 0.1) is 13.8 Å². The first kappa shape index (κ1) is 26.4. The molecule has 0 bridgehead atoms. The molecule has 0 aliphatic carbocycles. The van der Waals surface area contributed by atoms with E-state index in [1.54, 1.807) is 24.1 Å². The van der Waals surface area contributed by atoms with Gasteiger partial charge in [-0.05, 0) is 43.9 Å². The van der Waals surface area contributed by atoms with Gasteiger partial charge in [0.05, 0.1) is 11.9 Å². The summed E-state index contributed by atoms with van der Waals surface area (Å²) in [6.45, 7) is 6.22. The highest BCUT2D eigenvalue weighted by atomic mass is 32.2. The normalized spacial score (nSPS) is 12.2. The molecule has 0 spiro atoms. The van der Waals surface area contributed by atoms with E-state index in [-0.39, 0.29) is 24.8 Å². The fraction of sp³-hybridized carbons (Fsp3) is 0.440. The van der Waals surface area contributed by atoms with Gasteiger partial charge in [-0.3, -0.25) is 13.9 Å². The smallest absolute Gasteiger partial charge is 0.242 e. The first-order valence-electron chi connectivity index (χ1n) is 11.2. The number of carbonyl (C=O) groups is 2. The molecule has 0 saturated heterocycles. The minimum Gasteiger partial charge on any atom is -0.357 e. The molecular formula is C25H35N3O4S. The van der Waals surface area contributed by atoms with Crippen molar-refractivity contribution in [2.75, 3.05) is 24.2 Å². The summed E-state index contributed by atoms with van der Waals surface area (Å²) in [6, 6.07) is 14.5. The number of nitrogens with zero attached hydrogens (tertiary/aromatic N) is 2. The quantitative estimate of drug-likeness (QED) is 0.542. The van der Waals surface area contributed by atoms with Crippen LogP contribution in [-0.4, -0.2) is 51.0 Å². The zero-order valence-corrected chi connectivity index (χ0v) is 21.0. The first-order valence-corrected chi connectivity index (χ1v) is 13.0. The Morgan fingerprint density at radius 3 is 2.33 bits per heavy atom. The summed E-state index contributed by atoms with van der Waals surface area (Å²) in [5.41, 5.74) is 3.49. The molecule has 0 aromatic heterocycles. The molecule has 7 nitrogen and oxygen atoms in total. The molecule has 0 aliphatic rings. The molecule has 1 atom stereocenters. The predicted octanol–water partition coefficient (Wildman–Crippen LogP) is 3.40. The Morgan fingerprint density at radius 1 is 1.06 bits per heavy atom. The predicted molar refractivity (Wildman–Crippen MR) is 132 cm³/mol. The number of benzene rings is 2. The summed E-state index contributed by atoms with van der Waals surface area (Å²) in [4.78, 5) is 27.4. The SMILES string of the molecule is CCC(C(=O)NC)N(Cc1cccc(C)c1)C(=O)CCCN(c1ccccc1C)S(C)(=O)=O. The van der Waals surface area contributed by atoms with Crippen molar-refractivity contribution in [2.24, 2.45) is 0 Å². The molecule has 0 heterocycles. The molecule has 2 rings (SSSR count). The van der Waals surface area contributed by atoms with E-state index in [1.165, 1.54) is 10.6 Å². The first-order chi connectivity index (χ1) is 15.6. The molecule has 2 aromatic rings. The Kier molecular flexibility index (Phi) is 9.46. The van der Waals surface area contributed by atoms with Crippen molar-refractivity contribution >= 4 is 27.5 Å². The van der Waals surface area contributed by atoms with Crippen LogP contribution in [0.1, 0.15) is 42.9 Å². The highest BCUT2D eigenvalue weighted by molar-refractivity contribution is 7.92. The maximum absolute atomic E-state index is 13.3. The molecule has 0 radical (unpaired) electrons. The highest BCUT2D eigenvalue weighted by Gasteiger charge is 2.28. The third kappa shape index (κ3) is 7.32. The lowest BCUT2D eigenvalue weighted by Crippen LogP contribution is -2.48. The second-order valence-electron chi connectivity index (χ2n) is 8.27. The number of nitrogens with one attached hydrogen (secondary N) is 1. The Bertz CT molecular complexity index is 1070. The van der Waals surface area contributed by atoms with Gasteiger partial charge in [-0.15, -0.1) is 0 Å². The van der Waals surface area contributed by atoms with Crippen LogP contribution in [0.2, 0.25) is 0 Å². The molecule has 33 heavy (non-hydrogen) atoms. The maximum atomic E-state index is 13.3. The zero-order chi connectivity index (χ0) is 24.6. The summed E-state index contributed by atoms with van der Waals surface area (Å²) in [7, 11) is -1.94. The third-order valence-electron chi connectivity index (χ3n) is 5.60. The van der Waals surface area contributed by atoms with Crippen molar-refractivity contribution in [1.29, 1.82) is 0 Å². The number of para-hydroxylation sites is 1. The van der Waals surface area contributed by atoms with Gasteiger partial charge in [0.1, 0.15) is 6.04 Å². The average Bonchev–Trinajstić information content (AvgIpc) is 2.76. The summed E-state index contributed by atoms with van der Waals surface area (Å²) >= 11 is 0. The van der Waals surface area contributed by atoms with E-state index >= 15 is 0 Å². The number of aryl methyl sites for hydroxylation is 2. The Morgan fingerprint density at radius 2 is 1.76 bits per heavy atom. The molecule has 180 valence electrons. The number of sulfonamides is 1. The van der Waals surface area contributed by atoms with E-state index in [9.17, 15) is 18.0 Å². The second-order valence-corrected chi connectivity index (χ2v) is 10.2. The van der Waals surface area contributed by atoms with Gasteiger partial charge in [0, 0.05) is 26.6 Å². The lowest BCUT2D eigenvalue weighted by atomic mass is 10.1. The maximum Gasteiger partial charge on any atom is 0.242 e. The van der Waals surface area contributed by atoms with E-state index in [1.807, 2.05) is 57.2 Å². The monoisotopic (exact) mass is 473 g/mol. The van der Waals surface area contributed by atoms with Crippen LogP contribution in [0.3, 0.4) is 0 Å². The Balaban J connectivity index is 2.20. The highest BCUT2D eigenvalue weighted by Crippen LogP contribution is 2.23. The van der Waals surface area contributed by atoms with Gasteiger partial charge in [-0.25, -0.2) is 8.42 Å². The summed E-state index contributed by atoms with van der Waals surface area (Å²) < 4.78 is 26.2. The van der Waals surface area contributed by atoms with Gasteiger partial charge >= 0.3 is 0 Å². The molecule has 1 N–H and O–H groups in total. The second kappa shape index (κ2) is 11.8. The Labute approximate surface area is 197 Å². The van der Waals surface area contributed by atoms with E-state index in [2.05, 4.69) is 5.32 Å². The van der Waals surface area contributed by atoms with Gasteiger partial charge in [-0.1, -0.05) is 55.0 Å². The van der Waals surface area contributed by atoms with Gasteiger partial charge in [0.15, 0.2) is 0 Å². The van der Waals surface area contributed by atoms with Gasteiger partial charge < -0.3 is 10.2 Å². The van der Waals surface area contributed by atoms with Crippen LogP contribution in [0.25, 0.3) is 0 Å². The number of amides is 2. The zero-order valence-electron chi connectivity index (χ0n) is 20.2. The minimum atomic E-state index is -3.51. The molecule has 0 aliphatic heterocycles. The van der Waals surface area contributed by atoms with Crippen molar-refractivity contribution in [3.8, 4) is 0 Å². The molecular weight excluding hydrogens is 438 g/mol. The number of carbonyl (C=O) groups excluding carboxylic acids is 2. The number of hydrogen-bond acceptors (Lipinski definition) is 4. The van der Waals surface area contributed by atoms with Crippen molar-refractivity contribution in [1.82, 2.24) is 10.2 Å². The number of likely N-dealkylation sites (N-methyl/N-ethyl adjacent to an activating group) is 1. The molecule has 2 aromatic carbocycles. The Hall–Kier alpha value is -2.87. The molecule has 1 unspecified atom stereocenters. The molecule has 0 saturated carbocycles. The number of rotatable bonds is 11. The van der Waals surface area contributed by atoms with E-state index in [4.69, 9.17) is 0 Å². The summed E-state index contributed by atoms with van der Waals surface area (Å²) in [5, 5.41) is 2.65. The molecule has 8 heteroatoms. The summed E-state index contributed by atoms with van der Waals surface area (Å²) in [6.07, 6.45) is 2.13. The standard InChI is InChI=1S/C25H35N3O4S/c1-6-22(25(30)26-4)27(18-21-13-9-11-19(2)17-21)24(29)15-10-16-28(33(5,31)32)23-14-8-7-12-20(23)3/h7-9,11-14,17,22H,6,10,15-16,18H2,1-5H3,(H,26,30). The van der Waals surface area contributed by atoms with Gasteiger partial charge in [0.25, 0.3) is 0 Å². The van der Waals surface area contributed by atoms with Crippen LogP contribution in [0.4, 0.5) is 5.69 Å². The van der Waals surface area contributed by atoms with E-state index in [0.29, 0.717) is 25.1 Å². The van der Waals surface area contributed by atoms with Crippen LogP contribution in [0.5, 0.6) is 0 Å². The lowest BCUT2D eigenvalue weighted by molar-refractivity contribution is -0.141. The largest absolute Gasteiger partial charge is 0.357 e. The van der Waals surface area contributed by atoms with Crippen molar-refractivity contribution in [2.45, 2.75) is 52.6 Å². The van der Waals surface area contributed by atoms with Crippen LogP contribution in [0.15, 0.2) is 48.5 Å². The van der Waals surface area contributed by atoms with E-state index < -0.39 is 16.1 Å².